The fraction of sp³-hybridized carbons (Fsp3) is 0.583. The molecule has 0 aliphatic carbocycles. The van der Waals surface area contributed by atoms with E-state index in [9.17, 15) is 14.2 Å². The molecule has 1 N–H and O–H groups in total. The summed E-state index contributed by atoms with van der Waals surface area (Å²) >= 11 is 0. The normalized spacial score (nSPS) is 13.5. The van der Waals surface area contributed by atoms with Gasteiger partial charge >= 0.3 is 13.9 Å². The molecule has 2 aromatic rings. The van der Waals surface area contributed by atoms with Crippen molar-refractivity contribution in [3.63, 3.8) is 0 Å². The number of imidazole rings is 1. The highest BCUT2D eigenvalue weighted by Gasteiger charge is 2.19. The molecular formula is C12H18N4O6P+. The third-order valence-electron chi connectivity index (χ3n) is 3.52. The summed E-state index contributed by atoms with van der Waals surface area (Å²) < 4.78 is 24.1. The average molecular weight is 345 g/mol. The van der Waals surface area contributed by atoms with Crippen LogP contribution in [0.25, 0.3) is 11.2 Å². The topological polar surface area (TPSA) is 118 Å². The molecular weight excluding hydrogens is 327 g/mol. The zero-order valence-electron chi connectivity index (χ0n) is 13.0. The Labute approximate surface area is 131 Å². The van der Waals surface area contributed by atoms with Crippen LogP contribution in [0, 0.1) is 0 Å². The molecule has 2 unspecified atom stereocenters. The highest BCUT2D eigenvalue weighted by molar-refractivity contribution is 7.32. The quantitative estimate of drug-likeness (QED) is 0.559. The molecule has 0 aromatic carbocycles. The summed E-state index contributed by atoms with van der Waals surface area (Å²) in [5.74, 6) is 0. The second-order valence-corrected chi connectivity index (χ2v) is 5.62. The summed E-state index contributed by atoms with van der Waals surface area (Å²) in [7, 11) is 0.338. The number of fused-ring (bicyclic) bond motifs is 1. The first-order valence-electron chi connectivity index (χ1n) is 6.86. The van der Waals surface area contributed by atoms with E-state index < -0.39 is 25.7 Å². The Hall–Kier alpha value is -1.87. The molecule has 0 aliphatic heterocycles. The van der Waals surface area contributed by atoms with Crippen LogP contribution in [-0.4, -0.2) is 37.3 Å². The van der Waals surface area contributed by atoms with Crippen LogP contribution in [0.5, 0.6) is 0 Å². The van der Waals surface area contributed by atoms with Crippen molar-refractivity contribution in [3.05, 3.63) is 27.2 Å². The summed E-state index contributed by atoms with van der Waals surface area (Å²) in [5, 5.41) is 0. The summed E-state index contributed by atoms with van der Waals surface area (Å²) in [6.45, 7) is 1.78. The molecule has 0 amide bonds. The van der Waals surface area contributed by atoms with Gasteiger partial charge in [0.25, 0.3) is 5.56 Å². The van der Waals surface area contributed by atoms with Crippen molar-refractivity contribution < 1.29 is 18.7 Å². The number of aryl methyl sites for hydroxylation is 1. The van der Waals surface area contributed by atoms with Crippen LogP contribution >= 0.6 is 8.25 Å². The van der Waals surface area contributed by atoms with Crippen LogP contribution in [-0.2, 0) is 27.4 Å². The molecule has 2 rings (SSSR count). The lowest BCUT2D eigenvalue weighted by Crippen LogP contribution is -2.40. The van der Waals surface area contributed by atoms with Crippen molar-refractivity contribution in [1.29, 1.82) is 0 Å². The first-order valence-corrected chi connectivity index (χ1v) is 7.99. The van der Waals surface area contributed by atoms with Gasteiger partial charge in [0.1, 0.15) is 12.8 Å². The zero-order valence-corrected chi connectivity index (χ0v) is 13.9. The van der Waals surface area contributed by atoms with Crippen LogP contribution in [0.15, 0.2) is 15.9 Å². The molecule has 10 nitrogen and oxygen atoms in total. The standard InChI is InChI=1S/C12H17N4O6P/c1-8(21-3)16-7-13-10-9(16)11(17)15(12(18)14(10)2)5-4-6-22-23(19)20/h7-8H,4-6H2,1-3H3/p+1. The predicted octanol–water partition coefficient (Wildman–Crippen LogP) is 0.118. The third-order valence-corrected chi connectivity index (χ3v) is 3.92. The van der Waals surface area contributed by atoms with Crippen LogP contribution in [0.2, 0.25) is 0 Å². The number of hydrogen-bond donors (Lipinski definition) is 1. The van der Waals surface area contributed by atoms with E-state index in [1.807, 2.05) is 0 Å². The van der Waals surface area contributed by atoms with E-state index >= 15 is 0 Å². The molecule has 2 heterocycles. The summed E-state index contributed by atoms with van der Waals surface area (Å²) in [4.78, 5) is 37.6. The van der Waals surface area contributed by atoms with Gasteiger partial charge in [-0.25, -0.2) is 9.78 Å². The van der Waals surface area contributed by atoms with E-state index in [1.54, 1.807) is 11.5 Å². The van der Waals surface area contributed by atoms with E-state index in [0.717, 1.165) is 4.57 Å². The van der Waals surface area contributed by atoms with Crippen molar-refractivity contribution in [2.75, 3.05) is 13.7 Å². The summed E-state index contributed by atoms with van der Waals surface area (Å²) in [6.07, 6.45) is 1.28. The molecule has 2 atom stereocenters. The maximum absolute atomic E-state index is 12.6. The number of ether oxygens (including phenoxy) is 1. The number of methoxy groups -OCH3 is 1. The van der Waals surface area contributed by atoms with Crippen molar-refractivity contribution in [2.45, 2.75) is 26.1 Å². The van der Waals surface area contributed by atoms with Gasteiger partial charge in [0, 0.05) is 25.3 Å². The maximum Gasteiger partial charge on any atom is 0.694 e. The van der Waals surface area contributed by atoms with E-state index in [2.05, 4.69) is 9.51 Å². The average Bonchev–Trinajstić information content (AvgIpc) is 2.96. The molecule has 23 heavy (non-hydrogen) atoms. The van der Waals surface area contributed by atoms with Gasteiger partial charge in [-0.15, -0.1) is 9.42 Å². The number of hydrogen-bond acceptors (Lipinski definition) is 6. The third kappa shape index (κ3) is 3.40. The first kappa shape index (κ1) is 17.5. The first-order chi connectivity index (χ1) is 10.9. The van der Waals surface area contributed by atoms with Gasteiger partial charge in [-0.05, 0) is 13.3 Å². The van der Waals surface area contributed by atoms with Gasteiger partial charge in [-0.3, -0.25) is 18.5 Å². The fourth-order valence-electron chi connectivity index (χ4n) is 2.24. The van der Waals surface area contributed by atoms with E-state index in [-0.39, 0.29) is 30.7 Å². The van der Waals surface area contributed by atoms with Crippen LogP contribution < -0.4 is 11.2 Å². The molecule has 11 heteroatoms. The summed E-state index contributed by atoms with van der Waals surface area (Å²) in [6, 6.07) is 0. The van der Waals surface area contributed by atoms with E-state index in [4.69, 9.17) is 9.63 Å². The Morgan fingerprint density at radius 3 is 2.74 bits per heavy atom. The van der Waals surface area contributed by atoms with Crippen molar-refractivity contribution >= 4 is 19.4 Å². The second kappa shape index (κ2) is 7.14. The highest BCUT2D eigenvalue weighted by atomic mass is 31.1. The van der Waals surface area contributed by atoms with Crippen LogP contribution in [0.3, 0.4) is 0 Å². The lowest BCUT2D eigenvalue weighted by molar-refractivity contribution is 0.0635. The van der Waals surface area contributed by atoms with Gasteiger partial charge in [-0.2, -0.15) is 0 Å². The SMILES string of the molecule is COC(C)n1cnc2c1c(=O)n(CCCO[P+](=O)O)c(=O)n2C. The number of rotatable bonds is 7. The van der Waals surface area contributed by atoms with Gasteiger partial charge in [-0.1, -0.05) is 0 Å². The Morgan fingerprint density at radius 1 is 1.43 bits per heavy atom. The van der Waals surface area contributed by atoms with Gasteiger partial charge < -0.3 is 4.74 Å². The van der Waals surface area contributed by atoms with Gasteiger partial charge in [0.15, 0.2) is 11.2 Å². The van der Waals surface area contributed by atoms with Gasteiger partial charge in [0.2, 0.25) is 0 Å². The number of nitrogens with zero attached hydrogens (tertiary/aromatic N) is 4. The van der Waals surface area contributed by atoms with Gasteiger partial charge in [0.05, 0.1) is 6.33 Å². The van der Waals surface area contributed by atoms with Crippen LogP contribution in [0.4, 0.5) is 0 Å². The molecule has 2 aromatic heterocycles. The molecule has 0 spiro atoms. The Bertz CT molecular complexity index is 838. The maximum atomic E-state index is 12.6. The second-order valence-electron chi connectivity index (χ2n) is 4.88. The molecule has 0 fully saturated rings. The smallest absolute Gasteiger partial charge is 0.362 e. The number of aromatic nitrogens is 4. The Kier molecular flexibility index (Phi) is 5.42. The lowest BCUT2D eigenvalue weighted by atomic mass is 10.4. The van der Waals surface area contributed by atoms with E-state index in [0.29, 0.717) is 0 Å². The molecule has 0 saturated heterocycles. The van der Waals surface area contributed by atoms with Crippen molar-refractivity contribution in [1.82, 2.24) is 18.7 Å². The zero-order chi connectivity index (χ0) is 17.1. The minimum Gasteiger partial charge on any atom is -0.362 e. The highest BCUT2D eigenvalue weighted by Crippen LogP contribution is 2.15. The largest absolute Gasteiger partial charge is 0.694 e. The molecule has 126 valence electrons. The Morgan fingerprint density at radius 2 is 2.13 bits per heavy atom. The van der Waals surface area contributed by atoms with Crippen molar-refractivity contribution in [2.24, 2.45) is 7.05 Å². The predicted molar refractivity (Wildman–Crippen MR) is 81.3 cm³/mol. The molecule has 0 bridgehead atoms. The molecule has 0 aliphatic rings. The Balaban J connectivity index is 2.47. The minimum atomic E-state index is -2.69. The molecule has 0 saturated carbocycles. The summed E-state index contributed by atoms with van der Waals surface area (Å²) in [5.41, 5.74) is -0.463. The van der Waals surface area contributed by atoms with E-state index in [1.165, 1.54) is 25.1 Å². The van der Waals surface area contributed by atoms with Crippen molar-refractivity contribution in [3.8, 4) is 0 Å². The molecule has 0 radical (unpaired) electrons. The van der Waals surface area contributed by atoms with Crippen LogP contribution in [0.1, 0.15) is 19.6 Å². The lowest BCUT2D eigenvalue weighted by Gasteiger charge is -2.13. The monoisotopic (exact) mass is 345 g/mol. The minimum absolute atomic E-state index is 0.0347. The fourth-order valence-corrected chi connectivity index (χ4v) is 2.53.